The average molecular weight is 331 g/mol. The standard InChI is InChI=1S/C19H13N3O3/c1-2-10-24-13-7-8-15(17(12-13)25-11-9-20)18-21-16-6-4-3-5-14(16)19(23)22-18/h1,3-8,12H,10-11H2,(H,21,22,23). The number of nitrogens with one attached hydrogen (secondary N) is 1. The topological polar surface area (TPSA) is 88.0 Å². The molecule has 0 aliphatic rings. The quantitative estimate of drug-likeness (QED) is 0.726. The van der Waals surface area contributed by atoms with Crippen molar-refractivity contribution >= 4 is 10.9 Å². The van der Waals surface area contributed by atoms with Crippen LogP contribution >= 0.6 is 0 Å². The molecule has 3 aromatic rings. The second-order valence-corrected chi connectivity index (χ2v) is 5.03. The third-order valence-corrected chi connectivity index (χ3v) is 3.44. The average Bonchev–Trinajstić information content (AvgIpc) is 2.64. The predicted molar refractivity (Wildman–Crippen MR) is 93.2 cm³/mol. The van der Waals surface area contributed by atoms with Crippen LogP contribution in [0.4, 0.5) is 0 Å². The van der Waals surface area contributed by atoms with E-state index in [1.54, 1.807) is 36.4 Å². The van der Waals surface area contributed by atoms with Crippen molar-refractivity contribution in [3.05, 3.63) is 52.8 Å². The first kappa shape index (κ1) is 16.1. The van der Waals surface area contributed by atoms with Gasteiger partial charge in [-0.05, 0) is 24.3 Å². The highest BCUT2D eigenvalue weighted by atomic mass is 16.5. The Balaban J connectivity index is 2.10. The molecular weight excluding hydrogens is 318 g/mol. The van der Waals surface area contributed by atoms with E-state index in [1.165, 1.54) is 0 Å². The Morgan fingerprint density at radius 3 is 2.80 bits per heavy atom. The van der Waals surface area contributed by atoms with E-state index < -0.39 is 0 Å². The molecule has 0 saturated carbocycles. The van der Waals surface area contributed by atoms with Crippen LogP contribution in [-0.4, -0.2) is 23.2 Å². The molecule has 3 rings (SSSR count). The zero-order chi connectivity index (χ0) is 17.6. The highest BCUT2D eigenvalue weighted by Gasteiger charge is 2.12. The molecule has 0 bridgehead atoms. The van der Waals surface area contributed by atoms with Crippen LogP contribution in [-0.2, 0) is 0 Å². The largest absolute Gasteiger partial charge is 0.481 e. The Hall–Kier alpha value is -3.77. The van der Waals surface area contributed by atoms with Gasteiger partial charge in [0.2, 0.25) is 0 Å². The molecule has 0 aliphatic heterocycles. The van der Waals surface area contributed by atoms with Crippen LogP contribution in [0.15, 0.2) is 47.3 Å². The van der Waals surface area contributed by atoms with Crippen LogP contribution in [0.3, 0.4) is 0 Å². The molecule has 122 valence electrons. The minimum Gasteiger partial charge on any atom is -0.481 e. The summed E-state index contributed by atoms with van der Waals surface area (Å²) in [7, 11) is 0. The van der Waals surface area contributed by atoms with Crippen molar-refractivity contribution in [3.63, 3.8) is 0 Å². The Morgan fingerprint density at radius 1 is 1.16 bits per heavy atom. The number of benzene rings is 2. The maximum Gasteiger partial charge on any atom is 0.259 e. The highest BCUT2D eigenvalue weighted by Crippen LogP contribution is 2.31. The lowest BCUT2D eigenvalue weighted by Crippen LogP contribution is -2.10. The molecule has 1 aromatic heterocycles. The molecule has 1 N–H and O–H groups in total. The summed E-state index contributed by atoms with van der Waals surface area (Å²) in [5, 5.41) is 9.28. The number of ether oxygens (including phenoxy) is 2. The molecule has 0 unspecified atom stereocenters. The number of hydrogen-bond acceptors (Lipinski definition) is 5. The van der Waals surface area contributed by atoms with Crippen molar-refractivity contribution in [1.29, 1.82) is 5.26 Å². The van der Waals surface area contributed by atoms with Gasteiger partial charge in [-0.15, -0.1) is 6.42 Å². The van der Waals surface area contributed by atoms with Crippen LogP contribution < -0.4 is 15.0 Å². The normalized spacial score (nSPS) is 10.0. The molecule has 0 radical (unpaired) electrons. The number of H-pyrrole nitrogens is 1. The highest BCUT2D eigenvalue weighted by molar-refractivity contribution is 5.80. The van der Waals surface area contributed by atoms with Crippen LogP contribution in [0, 0.1) is 23.7 Å². The smallest absolute Gasteiger partial charge is 0.259 e. The van der Waals surface area contributed by atoms with E-state index in [0.29, 0.717) is 33.8 Å². The maximum atomic E-state index is 12.3. The Morgan fingerprint density at radius 2 is 2.00 bits per heavy atom. The fourth-order valence-corrected chi connectivity index (χ4v) is 2.36. The number of aromatic nitrogens is 2. The van der Waals surface area contributed by atoms with Gasteiger partial charge >= 0.3 is 0 Å². The van der Waals surface area contributed by atoms with Gasteiger partial charge in [-0.2, -0.15) is 5.26 Å². The van der Waals surface area contributed by atoms with E-state index in [2.05, 4.69) is 15.9 Å². The first-order valence-electron chi connectivity index (χ1n) is 7.42. The summed E-state index contributed by atoms with van der Waals surface area (Å²) in [6, 6.07) is 14.0. The van der Waals surface area contributed by atoms with E-state index in [-0.39, 0.29) is 18.8 Å². The molecule has 6 heteroatoms. The van der Waals surface area contributed by atoms with Crippen molar-refractivity contribution in [1.82, 2.24) is 9.97 Å². The van der Waals surface area contributed by atoms with E-state index in [1.807, 2.05) is 12.1 Å². The van der Waals surface area contributed by atoms with Crippen LogP contribution in [0.2, 0.25) is 0 Å². The van der Waals surface area contributed by atoms with E-state index in [9.17, 15) is 4.79 Å². The molecule has 0 saturated heterocycles. The second-order valence-electron chi connectivity index (χ2n) is 5.03. The fraction of sp³-hybridized carbons (Fsp3) is 0.105. The van der Waals surface area contributed by atoms with Gasteiger partial charge in [0.25, 0.3) is 5.56 Å². The predicted octanol–water partition coefficient (Wildman–Crippen LogP) is 2.50. The molecule has 25 heavy (non-hydrogen) atoms. The van der Waals surface area contributed by atoms with Crippen LogP contribution in [0.5, 0.6) is 11.5 Å². The van der Waals surface area contributed by atoms with Crippen molar-refractivity contribution in [2.24, 2.45) is 0 Å². The lowest BCUT2D eigenvalue weighted by Gasteiger charge is -2.11. The molecule has 2 aromatic carbocycles. The summed E-state index contributed by atoms with van der Waals surface area (Å²) in [6.45, 7) is -0.0362. The van der Waals surface area contributed by atoms with E-state index in [4.69, 9.17) is 21.2 Å². The molecule has 1 heterocycles. The number of rotatable bonds is 5. The van der Waals surface area contributed by atoms with Crippen molar-refractivity contribution in [3.8, 4) is 41.3 Å². The number of para-hydroxylation sites is 1. The monoisotopic (exact) mass is 331 g/mol. The number of aromatic amines is 1. The van der Waals surface area contributed by atoms with Gasteiger partial charge in [0.15, 0.2) is 6.61 Å². The first-order chi connectivity index (χ1) is 12.2. The van der Waals surface area contributed by atoms with Gasteiger partial charge in [0.05, 0.1) is 16.5 Å². The molecule has 0 spiro atoms. The van der Waals surface area contributed by atoms with Gasteiger partial charge in [-0.25, -0.2) is 4.98 Å². The number of hydrogen-bond donors (Lipinski definition) is 1. The van der Waals surface area contributed by atoms with Crippen LogP contribution in [0.1, 0.15) is 0 Å². The van der Waals surface area contributed by atoms with Crippen molar-refractivity contribution in [2.45, 2.75) is 0 Å². The van der Waals surface area contributed by atoms with Gasteiger partial charge < -0.3 is 14.5 Å². The number of nitrogens with zero attached hydrogens (tertiary/aromatic N) is 2. The first-order valence-corrected chi connectivity index (χ1v) is 7.42. The minimum atomic E-state index is -0.250. The zero-order valence-electron chi connectivity index (χ0n) is 13.2. The summed E-state index contributed by atoms with van der Waals surface area (Å²) >= 11 is 0. The molecule has 0 aliphatic carbocycles. The van der Waals surface area contributed by atoms with E-state index >= 15 is 0 Å². The third-order valence-electron chi connectivity index (χ3n) is 3.44. The maximum absolute atomic E-state index is 12.3. The Labute approximate surface area is 143 Å². The van der Waals surface area contributed by atoms with Gasteiger partial charge in [0.1, 0.15) is 30.0 Å². The van der Waals surface area contributed by atoms with E-state index in [0.717, 1.165) is 0 Å². The summed E-state index contributed by atoms with van der Waals surface area (Å²) in [6.07, 6.45) is 5.19. The second kappa shape index (κ2) is 7.20. The number of terminal acetylenes is 1. The fourth-order valence-electron chi connectivity index (χ4n) is 2.36. The number of nitriles is 1. The van der Waals surface area contributed by atoms with Crippen LogP contribution in [0.25, 0.3) is 22.3 Å². The Bertz CT molecular complexity index is 1060. The summed E-state index contributed by atoms with van der Waals surface area (Å²) in [5.41, 5.74) is 0.866. The third kappa shape index (κ3) is 3.44. The minimum absolute atomic E-state index is 0.113. The molecular formula is C19H13N3O3. The van der Waals surface area contributed by atoms with Gasteiger partial charge in [-0.1, -0.05) is 18.1 Å². The molecule has 0 fully saturated rings. The zero-order valence-corrected chi connectivity index (χ0v) is 13.2. The van der Waals surface area contributed by atoms with Crippen molar-refractivity contribution < 1.29 is 9.47 Å². The van der Waals surface area contributed by atoms with Gasteiger partial charge in [0, 0.05) is 6.07 Å². The lowest BCUT2D eigenvalue weighted by atomic mass is 10.1. The molecule has 0 atom stereocenters. The lowest BCUT2D eigenvalue weighted by molar-refractivity contribution is 0.351. The molecule has 0 amide bonds. The van der Waals surface area contributed by atoms with Gasteiger partial charge in [-0.3, -0.25) is 4.79 Å². The number of fused-ring (bicyclic) bond motifs is 1. The van der Waals surface area contributed by atoms with Crippen molar-refractivity contribution in [2.75, 3.05) is 13.2 Å². The molecule has 6 nitrogen and oxygen atoms in total. The summed E-state index contributed by atoms with van der Waals surface area (Å²) < 4.78 is 10.8. The summed E-state index contributed by atoms with van der Waals surface area (Å²) in [5.74, 6) is 3.59. The Kier molecular flexibility index (Phi) is 4.64. The SMILES string of the molecule is C#CCOc1ccc(-c2nc3ccccc3c(=O)[nH]2)c(OCC#N)c1. The summed E-state index contributed by atoms with van der Waals surface area (Å²) in [4.78, 5) is 19.5.